The van der Waals surface area contributed by atoms with Gasteiger partial charge in [-0.25, -0.2) is 0 Å². The minimum atomic E-state index is -1.74. The van der Waals surface area contributed by atoms with Crippen LogP contribution in [0.4, 0.5) is 0 Å². The van der Waals surface area contributed by atoms with Crippen molar-refractivity contribution in [3.05, 3.63) is 126 Å². The molecular formula is C74H104O8P2. The van der Waals surface area contributed by atoms with Crippen LogP contribution in [0, 0.1) is 27.7 Å². The van der Waals surface area contributed by atoms with Crippen molar-refractivity contribution in [3.63, 3.8) is 0 Å². The van der Waals surface area contributed by atoms with E-state index in [1.165, 1.54) is 22.3 Å². The maximum Gasteiger partial charge on any atom is 0.346 e. The van der Waals surface area contributed by atoms with E-state index in [0.717, 1.165) is 83.8 Å². The van der Waals surface area contributed by atoms with Gasteiger partial charge in [0.25, 0.3) is 0 Å². The van der Waals surface area contributed by atoms with Gasteiger partial charge in [-0.3, -0.25) is 27.1 Å². The normalized spacial score (nSPS) is 22.0. The quantitative estimate of drug-likeness (QED) is 0.135. The Morgan fingerprint density at radius 3 is 0.655 bits per heavy atom. The molecule has 4 bridgehead atoms. The van der Waals surface area contributed by atoms with Crippen molar-refractivity contribution >= 4 is 17.2 Å². The van der Waals surface area contributed by atoms with E-state index in [1.54, 1.807) is 0 Å². The van der Waals surface area contributed by atoms with E-state index in [4.69, 9.17) is 36.6 Å². The summed E-state index contributed by atoms with van der Waals surface area (Å²) in [7, 11) is -3.30. The molecule has 0 radical (unpaired) electrons. The van der Waals surface area contributed by atoms with Gasteiger partial charge in [-0.2, -0.15) is 0 Å². The molecule has 6 aliphatic rings. The summed E-state index contributed by atoms with van der Waals surface area (Å²) in [4.78, 5) is 0. The fourth-order valence-corrected chi connectivity index (χ4v) is 15.3. The van der Waals surface area contributed by atoms with Crippen LogP contribution in [0.25, 0.3) is 22.3 Å². The molecule has 6 fully saturated rings. The van der Waals surface area contributed by atoms with Crippen LogP contribution >= 0.6 is 17.2 Å². The van der Waals surface area contributed by atoms with Crippen LogP contribution in [-0.4, -0.2) is 11.9 Å². The van der Waals surface area contributed by atoms with Gasteiger partial charge in [0, 0.05) is 44.5 Å². The fourth-order valence-electron chi connectivity index (χ4n) is 12.9. The van der Waals surface area contributed by atoms with Crippen LogP contribution in [-0.2, 0) is 81.3 Å². The van der Waals surface area contributed by atoms with Crippen molar-refractivity contribution in [2.24, 2.45) is 0 Å². The van der Waals surface area contributed by atoms with E-state index < -0.39 is 61.6 Å². The third-order valence-electron chi connectivity index (χ3n) is 17.5. The zero-order valence-electron chi connectivity index (χ0n) is 57.8. The molecule has 8 nitrogen and oxygen atoms in total. The third kappa shape index (κ3) is 10.8. The lowest BCUT2D eigenvalue weighted by atomic mass is 9.64. The Bertz CT molecular complexity index is 3280. The molecule has 458 valence electrons. The molecule has 0 aliphatic carbocycles. The largest absolute Gasteiger partial charge is 0.456 e. The molecule has 6 heterocycles. The number of hydrogen-bond donors (Lipinski definition) is 0. The van der Waals surface area contributed by atoms with Gasteiger partial charge in [0.15, 0.2) is 5.41 Å². The summed E-state index contributed by atoms with van der Waals surface area (Å²) in [5.74, 6) is -0.538. The van der Waals surface area contributed by atoms with E-state index in [-0.39, 0.29) is 21.7 Å². The molecule has 0 saturated carbocycles. The minimum Gasteiger partial charge on any atom is -0.456 e. The average molecular weight is 1180 g/mol. The number of ether oxygens (including phenoxy) is 2. The molecule has 0 unspecified atom stereocenters. The SMILES string of the molecule is Cc1cc(C(C)(C)C)c(Oc2c(-c3c(C(C)(C)C)cc(C)cc3C(C)(C)C)c(C(C)(C34OP(O3)O4)C34OP(O3)O4)c(Oc3c(C(C)(C)C)cc(C)cc3C(C)(C)C)c(-c3c(C(C)(C)C)cc(C)cc3C(C)(C)C)c2C(C)(C)C)c(C(C)(C)C)c1. The first-order valence-corrected chi connectivity index (χ1v) is 32.9. The lowest BCUT2D eigenvalue weighted by Crippen LogP contribution is -2.80. The summed E-state index contributed by atoms with van der Waals surface area (Å²) < 4.78 is 59.2. The fraction of sp³-hybridized carbons (Fsp3) is 0.595. The predicted octanol–water partition coefficient (Wildman–Crippen LogP) is 22.7. The molecule has 84 heavy (non-hydrogen) atoms. The maximum absolute atomic E-state index is 8.71. The minimum absolute atomic E-state index is 0.357. The summed E-state index contributed by atoms with van der Waals surface area (Å²) in [5, 5.41) is 0. The highest BCUT2D eigenvalue weighted by Gasteiger charge is 2.90. The lowest BCUT2D eigenvalue weighted by Gasteiger charge is -2.71. The van der Waals surface area contributed by atoms with Crippen LogP contribution in [0.3, 0.4) is 0 Å². The Labute approximate surface area is 510 Å². The second-order valence-corrected chi connectivity index (χ2v) is 36.7. The Balaban J connectivity index is 1.77. The monoisotopic (exact) mass is 1180 g/mol. The molecule has 6 saturated heterocycles. The second kappa shape index (κ2) is 19.9. The first-order chi connectivity index (χ1) is 37.8. The molecule has 0 aromatic heterocycles. The van der Waals surface area contributed by atoms with Gasteiger partial charge >= 0.3 is 29.2 Å². The Kier molecular flexibility index (Phi) is 15.4. The molecule has 0 spiro atoms. The number of aryl methyl sites for hydroxylation is 4. The van der Waals surface area contributed by atoms with Crippen LogP contribution in [0.15, 0.2) is 48.5 Å². The maximum atomic E-state index is 8.71. The molecule has 0 atom stereocenters. The van der Waals surface area contributed by atoms with Gasteiger partial charge in [-0.1, -0.05) is 258 Å². The van der Waals surface area contributed by atoms with Gasteiger partial charge in [-0.15, -0.1) is 0 Å². The predicted molar refractivity (Wildman–Crippen MR) is 351 cm³/mol. The zero-order chi connectivity index (χ0) is 63.2. The van der Waals surface area contributed by atoms with Crippen molar-refractivity contribution in [1.82, 2.24) is 0 Å². The van der Waals surface area contributed by atoms with Crippen molar-refractivity contribution in [1.29, 1.82) is 0 Å². The highest BCUT2D eigenvalue weighted by molar-refractivity contribution is 7.45. The summed E-state index contributed by atoms with van der Waals surface area (Å²) in [6.07, 6.45) is 0. The van der Waals surface area contributed by atoms with Crippen LogP contribution in [0.5, 0.6) is 23.0 Å². The molecular weight excluding hydrogens is 1080 g/mol. The third-order valence-corrected chi connectivity index (χ3v) is 19.8. The topological polar surface area (TPSA) is 73.8 Å². The molecule has 6 aliphatic heterocycles. The average Bonchev–Trinajstić information content (AvgIpc) is 0.695. The van der Waals surface area contributed by atoms with Gasteiger partial charge in [0.05, 0.1) is 0 Å². The highest BCUT2D eigenvalue weighted by atomic mass is 31.2. The summed E-state index contributed by atoms with van der Waals surface area (Å²) >= 11 is 0. The van der Waals surface area contributed by atoms with Gasteiger partial charge < -0.3 is 9.47 Å². The Morgan fingerprint density at radius 1 is 0.262 bits per heavy atom. The van der Waals surface area contributed by atoms with E-state index in [1.807, 2.05) is 0 Å². The first-order valence-electron chi connectivity index (χ1n) is 30.8. The van der Waals surface area contributed by atoms with Gasteiger partial charge in [0.2, 0.25) is 0 Å². The Morgan fingerprint density at radius 2 is 0.464 bits per heavy atom. The zero-order valence-corrected chi connectivity index (χ0v) is 59.6. The van der Waals surface area contributed by atoms with Gasteiger partial charge in [-0.05, 0) is 117 Å². The van der Waals surface area contributed by atoms with Crippen molar-refractivity contribution in [2.45, 2.75) is 288 Å². The molecule has 10 heteroatoms. The van der Waals surface area contributed by atoms with Crippen molar-refractivity contribution in [3.8, 4) is 45.3 Å². The van der Waals surface area contributed by atoms with Crippen molar-refractivity contribution < 1.29 is 36.6 Å². The van der Waals surface area contributed by atoms with E-state index in [0.29, 0.717) is 17.1 Å². The number of rotatable bonds is 9. The van der Waals surface area contributed by atoms with Crippen LogP contribution < -0.4 is 9.47 Å². The number of benzene rings is 5. The summed E-state index contributed by atoms with van der Waals surface area (Å²) in [5.41, 5.74) is 13.9. The molecule has 5 aromatic rings. The molecule has 0 amide bonds. The van der Waals surface area contributed by atoms with Crippen molar-refractivity contribution in [2.75, 3.05) is 0 Å². The van der Waals surface area contributed by atoms with Crippen LogP contribution in [0.1, 0.15) is 272 Å². The van der Waals surface area contributed by atoms with E-state index in [2.05, 4.69) is 270 Å². The standard InChI is InChI=1S/C74H104O8P2/c1-41-33-45(63(5,6)7)53(46(34-41)64(8,9)10)55-57(71(29,30)31)61(75-59-49(67(17,18)19)37-43(3)38-50(59)68(20,21)22)56(54-47(65(11,12)13)35-42(2)36-48(54)66(14,15)16)58(72(32,73-77-83(78-73)79-73)74-80-84(81-74)82-74)62(55)76-60-51(69(23,24)25)39-44(4)40-52(60)70(26,27)28/h33-40H,1-32H3. The molecule has 5 aromatic carbocycles. The highest BCUT2D eigenvalue weighted by Crippen LogP contribution is 2.88. The molecule has 11 rings (SSSR count). The lowest BCUT2D eigenvalue weighted by molar-refractivity contribution is -0.531. The smallest absolute Gasteiger partial charge is 0.346 e. The van der Waals surface area contributed by atoms with E-state index in [9.17, 15) is 0 Å². The number of hydrogen-bond acceptors (Lipinski definition) is 8. The summed E-state index contributed by atoms with van der Waals surface area (Å²) in [6, 6.07) is 18.9. The summed E-state index contributed by atoms with van der Waals surface area (Å²) in [6.45, 7) is 73.7. The second-order valence-electron chi connectivity index (χ2n) is 34.7. The Hall–Kier alpha value is -3.68. The van der Waals surface area contributed by atoms with Gasteiger partial charge in [0.1, 0.15) is 23.0 Å². The molecule has 0 N–H and O–H groups in total. The van der Waals surface area contributed by atoms with Crippen LogP contribution in [0.2, 0.25) is 0 Å². The van der Waals surface area contributed by atoms with E-state index >= 15 is 0 Å². The first kappa shape index (κ1) is 64.8.